The standard InChI is InChI=1S/C71H142NO8P/c1-3-5-7-9-11-13-15-17-19-21-23-25-27-29-31-32-33-34-35-36-37-38-40-42-44-46-48-50-52-54-56-58-60-62-64-71(74)80-69(68-79-81(75,76)78-66-65-72)67-77-70(73)63-61-59-57-55-53-51-49-47-45-43-41-39-30-28-26-24-22-20-18-16-14-12-10-8-6-4-2/h69H,3-68,72H2,1-2H3,(H,75,76). The SMILES string of the molecule is CCCCCCCCCCCCCCCCCCCCCCCCCCCCCCCCCCCCC(=O)OC(COC(=O)CCCCCCCCCCCCCCCCCCCCCCCCCCCC)COP(=O)(O)OCCN. The van der Waals surface area contributed by atoms with Gasteiger partial charge in [0.15, 0.2) is 6.10 Å². The first-order valence-electron chi connectivity index (χ1n) is 36.5. The van der Waals surface area contributed by atoms with E-state index < -0.39 is 26.5 Å². The lowest BCUT2D eigenvalue weighted by Gasteiger charge is -2.19. The Labute approximate surface area is 505 Å². The van der Waals surface area contributed by atoms with Crippen molar-refractivity contribution in [2.45, 2.75) is 418 Å². The third-order valence-corrected chi connectivity index (χ3v) is 18.0. The fraction of sp³-hybridized carbons (Fsp3) is 0.972. The third kappa shape index (κ3) is 68.0. The Morgan fingerprint density at radius 2 is 0.531 bits per heavy atom. The minimum absolute atomic E-state index is 0.0589. The molecule has 0 amide bonds. The van der Waals surface area contributed by atoms with Crippen LogP contribution in [0.25, 0.3) is 0 Å². The number of rotatable bonds is 71. The molecule has 0 bridgehead atoms. The fourth-order valence-corrected chi connectivity index (χ4v) is 12.4. The second kappa shape index (κ2) is 68.1. The number of ether oxygens (including phenoxy) is 2. The Morgan fingerprint density at radius 3 is 0.753 bits per heavy atom. The van der Waals surface area contributed by atoms with Gasteiger partial charge in [0.05, 0.1) is 13.2 Å². The molecule has 0 saturated heterocycles. The molecule has 0 aliphatic rings. The van der Waals surface area contributed by atoms with Crippen LogP contribution in [0, 0.1) is 0 Å². The van der Waals surface area contributed by atoms with Gasteiger partial charge in [-0.15, -0.1) is 0 Å². The van der Waals surface area contributed by atoms with Crippen molar-refractivity contribution in [1.29, 1.82) is 0 Å². The van der Waals surface area contributed by atoms with Gasteiger partial charge in [-0.1, -0.05) is 386 Å². The summed E-state index contributed by atoms with van der Waals surface area (Å²) in [6.45, 7) is 3.85. The molecule has 0 aromatic heterocycles. The zero-order valence-electron chi connectivity index (χ0n) is 54.6. The smallest absolute Gasteiger partial charge is 0.462 e. The molecule has 0 fully saturated rings. The molecule has 0 radical (unpaired) electrons. The first-order valence-corrected chi connectivity index (χ1v) is 38.0. The Hall–Kier alpha value is -0.990. The summed E-state index contributed by atoms with van der Waals surface area (Å²) >= 11 is 0. The lowest BCUT2D eigenvalue weighted by molar-refractivity contribution is -0.161. The Morgan fingerprint density at radius 1 is 0.321 bits per heavy atom. The summed E-state index contributed by atoms with van der Waals surface area (Å²) in [5.74, 6) is -0.796. The van der Waals surface area contributed by atoms with E-state index in [2.05, 4.69) is 13.8 Å². The van der Waals surface area contributed by atoms with Gasteiger partial charge in [0.1, 0.15) is 6.61 Å². The molecular formula is C71H142NO8P. The van der Waals surface area contributed by atoms with E-state index >= 15 is 0 Å². The van der Waals surface area contributed by atoms with Crippen molar-refractivity contribution < 1.29 is 37.6 Å². The van der Waals surface area contributed by atoms with Crippen molar-refractivity contribution in [1.82, 2.24) is 0 Å². The summed E-state index contributed by atoms with van der Waals surface area (Å²) < 4.78 is 33.2. The molecule has 0 rings (SSSR count). The van der Waals surface area contributed by atoms with Crippen LogP contribution in [-0.4, -0.2) is 49.3 Å². The summed E-state index contributed by atoms with van der Waals surface area (Å²) in [7, 11) is -4.39. The number of carbonyl (C=O) groups is 2. The van der Waals surface area contributed by atoms with Crippen LogP contribution in [0.5, 0.6) is 0 Å². The molecule has 0 saturated carbocycles. The molecule has 484 valence electrons. The van der Waals surface area contributed by atoms with Crippen molar-refractivity contribution in [2.75, 3.05) is 26.4 Å². The molecular weight excluding hydrogens is 1030 g/mol. The molecule has 0 spiro atoms. The van der Waals surface area contributed by atoms with Crippen LogP contribution in [-0.2, 0) is 32.7 Å². The summed E-state index contributed by atoms with van der Waals surface area (Å²) in [6.07, 6.45) is 80.8. The maximum atomic E-state index is 12.8. The number of unbranched alkanes of at least 4 members (excludes halogenated alkanes) is 58. The van der Waals surface area contributed by atoms with Crippen molar-refractivity contribution >= 4 is 19.8 Å². The number of phosphoric acid groups is 1. The van der Waals surface area contributed by atoms with Crippen LogP contribution < -0.4 is 5.73 Å². The largest absolute Gasteiger partial charge is 0.472 e. The van der Waals surface area contributed by atoms with Crippen molar-refractivity contribution in [3.63, 3.8) is 0 Å². The highest BCUT2D eigenvalue weighted by molar-refractivity contribution is 7.47. The molecule has 9 nitrogen and oxygen atoms in total. The topological polar surface area (TPSA) is 134 Å². The van der Waals surface area contributed by atoms with Crippen molar-refractivity contribution in [3.8, 4) is 0 Å². The second-order valence-electron chi connectivity index (χ2n) is 25.2. The van der Waals surface area contributed by atoms with E-state index in [1.165, 1.54) is 347 Å². The second-order valence-corrected chi connectivity index (χ2v) is 26.6. The molecule has 0 aliphatic carbocycles. The quantitative estimate of drug-likeness (QED) is 0.0347. The predicted octanol–water partition coefficient (Wildman–Crippen LogP) is 23.8. The van der Waals surface area contributed by atoms with E-state index in [0.717, 1.165) is 32.1 Å². The highest BCUT2D eigenvalue weighted by atomic mass is 31.2. The van der Waals surface area contributed by atoms with E-state index in [4.69, 9.17) is 24.3 Å². The zero-order chi connectivity index (χ0) is 58.7. The third-order valence-electron chi connectivity index (χ3n) is 17.0. The number of nitrogens with two attached hydrogens (primary N) is 1. The normalized spacial score (nSPS) is 12.8. The van der Waals surface area contributed by atoms with E-state index in [0.29, 0.717) is 12.8 Å². The molecule has 2 atom stereocenters. The van der Waals surface area contributed by atoms with Crippen LogP contribution in [0.1, 0.15) is 412 Å². The van der Waals surface area contributed by atoms with E-state index in [9.17, 15) is 19.0 Å². The first kappa shape index (κ1) is 80.0. The minimum atomic E-state index is -4.39. The van der Waals surface area contributed by atoms with Gasteiger partial charge in [0, 0.05) is 19.4 Å². The van der Waals surface area contributed by atoms with E-state index in [-0.39, 0.29) is 32.1 Å². The lowest BCUT2D eigenvalue weighted by atomic mass is 10.0. The van der Waals surface area contributed by atoms with Crippen LogP contribution in [0.4, 0.5) is 0 Å². The summed E-state index contributed by atoms with van der Waals surface area (Å²) in [4.78, 5) is 35.4. The number of hydrogen-bond donors (Lipinski definition) is 2. The Kier molecular flexibility index (Phi) is 67.3. The summed E-state index contributed by atoms with van der Waals surface area (Å²) in [5.41, 5.74) is 5.41. The molecule has 0 aliphatic heterocycles. The van der Waals surface area contributed by atoms with Crippen LogP contribution >= 0.6 is 7.82 Å². The average Bonchev–Trinajstić information content (AvgIpc) is 3.46. The van der Waals surface area contributed by atoms with Gasteiger partial charge >= 0.3 is 19.8 Å². The average molecular weight is 1170 g/mol. The number of phosphoric ester groups is 1. The fourth-order valence-electron chi connectivity index (χ4n) is 11.6. The minimum Gasteiger partial charge on any atom is -0.462 e. The highest BCUT2D eigenvalue weighted by Gasteiger charge is 2.26. The maximum Gasteiger partial charge on any atom is 0.472 e. The number of hydrogen-bond acceptors (Lipinski definition) is 8. The Bertz CT molecular complexity index is 1290. The zero-order valence-corrected chi connectivity index (χ0v) is 55.5. The predicted molar refractivity (Wildman–Crippen MR) is 349 cm³/mol. The van der Waals surface area contributed by atoms with Crippen LogP contribution in [0.15, 0.2) is 0 Å². The van der Waals surface area contributed by atoms with Gasteiger partial charge in [-0.3, -0.25) is 18.6 Å². The van der Waals surface area contributed by atoms with E-state index in [1.54, 1.807) is 0 Å². The van der Waals surface area contributed by atoms with Crippen LogP contribution in [0.2, 0.25) is 0 Å². The van der Waals surface area contributed by atoms with E-state index in [1.807, 2.05) is 0 Å². The van der Waals surface area contributed by atoms with Gasteiger partial charge < -0.3 is 20.1 Å². The van der Waals surface area contributed by atoms with Crippen molar-refractivity contribution in [2.24, 2.45) is 5.73 Å². The first-order chi connectivity index (χ1) is 39.8. The van der Waals surface area contributed by atoms with Gasteiger partial charge in [0.25, 0.3) is 0 Å². The number of esters is 2. The molecule has 0 heterocycles. The lowest BCUT2D eigenvalue weighted by Crippen LogP contribution is -2.29. The van der Waals surface area contributed by atoms with Crippen molar-refractivity contribution in [3.05, 3.63) is 0 Å². The summed E-state index contributed by atoms with van der Waals surface area (Å²) in [6, 6.07) is 0. The molecule has 0 aromatic carbocycles. The molecule has 0 aromatic rings. The van der Waals surface area contributed by atoms with Gasteiger partial charge in [0.2, 0.25) is 0 Å². The van der Waals surface area contributed by atoms with Gasteiger partial charge in [-0.2, -0.15) is 0 Å². The molecule has 10 heteroatoms. The monoisotopic (exact) mass is 1170 g/mol. The summed E-state index contributed by atoms with van der Waals surface area (Å²) in [5, 5.41) is 0. The molecule has 3 N–H and O–H groups in total. The van der Waals surface area contributed by atoms with Crippen LogP contribution in [0.3, 0.4) is 0 Å². The Balaban J connectivity index is 3.76. The maximum absolute atomic E-state index is 12.8. The molecule has 2 unspecified atom stereocenters. The van der Waals surface area contributed by atoms with Gasteiger partial charge in [-0.05, 0) is 12.8 Å². The molecule has 81 heavy (non-hydrogen) atoms. The number of carbonyl (C=O) groups excluding carboxylic acids is 2. The van der Waals surface area contributed by atoms with Gasteiger partial charge in [-0.25, -0.2) is 4.57 Å². The highest BCUT2D eigenvalue weighted by Crippen LogP contribution is 2.43.